The Balaban J connectivity index is 1.61. The van der Waals surface area contributed by atoms with Gasteiger partial charge in [0.1, 0.15) is 17.2 Å². The summed E-state index contributed by atoms with van der Waals surface area (Å²) in [7, 11) is 0. The van der Waals surface area contributed by atoms with Crippen LogP contribution >= 0.6 is 23.2 Å². The summed E-state index contributed by atoms with van der Waals surface area (Å²) in [4.78, 5) is 37.8. The number of amides is 1. The molecule has 11 heteroatoms. The molecule has 0 saturated heterocycles. The SMILES string of the molecule is CC(=O)NCCn1c2c(nc(-c3cccnc3)c1=O)CN=C(NCc1ccc(Cl)c(Cl)c1)N2. The van der Waals surface area contributed by atoms with Crippen molar-refractivity contribution in [3.05, 3.63) is 74.4 Å². The van der Waals surface area contributed by atoms with Gasteiger partial charge in [-0.05, 0) is 29.8 Å². The molecule has 1 aliphatic heterocycles. The van der Waals surface area contributed by atoms with Gasteiger partial charge in [0.25, 0.3) is 5.56 Å². The minimum Gasteiger partial charge on any atom is -0.355 e. The van der Waals surface area contributed by atoms with Gasteiger partial charge < -0.3 is 16.0 Å². The number of guanidine groups is 1. The van der Waals surface area contributed by atoms with Crippen LogP contribution in [0.4, 0.5) is 5.82 Å². The summed E-state index contributed by atoms with van der Waals surface area (Å²) in [5.41, 5.74) is 2.16. The molecule has 0 atom stereocenters. The van der Waals surface area contributed by atoms with Crippen LogP contribution in [0.5, 0.6) is 0 Å². The van der Waals surface area contributed by atoms with Crippen LogP contribution in [0.25, 0.3) is 11.3 Å². The second-order valence-corrected chi connectivity index (χ2v) is 8.14. The number of nitrogens with one attached hydrogen (secondary N) is 3. The van der Waals surface area contributed by atoms with Crippen molar-refractivity contribution < 1.29 is 4.79 Å². The number of rotatable bonds is 6. The Bertz CT molecular complexity index is 1280. The van der Waals surface area contributed by atoms with E-state index >= 15 is 0 Å². The Morgan fingerprint density at radius 3 is 2.82 bits per heavy atom. The Hall–Kier alpha value is -3.43. The van der Waals surface area contributed by atoms with Crippen LogP contribution in [0.2, 0.25) is 10.0 Å². The first kappa shape index (κ1) is 22.8. The summed E-state index contributed by atoms with van der Waals surface area (Å²) in [6, 6.07) is 8.91. The second kappa shape index (κ2) is 10.0. The van der Waals surface area contributed by atoms with Crippen molar-refractivity contribution >= 4 is 40.9 Å². The van der Waals surface area contributed by atoms with Crippen molar-refractivity contribution in [1.82, 2.24) is 25.2 Å². The molecule has 0 saturated carbocycles. The number of carbonyl (C=O) groups excluding carboxylic acids is 1. The van der Waals surface area contributed by atoms with E-state index in [-0.39, 0.29) is 30.2 Å². The van der Waals surface area contributed by atoms with Crippen molar-refractivity contribution in [3.63, 3.8) is 0 Å². The lowest BCUT2D eigenvalue weighted by atomic mass is 10.2. The van der Waals surface area contributed by atoms with E-state index in [2.05, 4.69) is 30.9 Å². The van der Waals surface area contributed by atoms with Crippen molar-refractivity contribution in [2.24, 2.45) is 4.99 Å². The molecular weight excluding hydrogens is 465 g/mol. The Morgan fingerprint density at radius 1 is 1.24 bits per heavy atom. The zero-order valence-electron chi connectivity index (χ0n) is 17.7. The summed E-state index contributed by atoms with van der Waals surface area (Å²) >= 11 is 12.1. The van der Waals surface area contributed by atoms with Crippen LogP contribution in [0.3, 0.4) is 0 Å². The maximum absolute atomic E-state index is 13.3. The number of aliphatic imine (C=N–C) groups is 1. The van der Waals surface area contributed by atoms with E-state index in [0.29, 0.717) is 46.2 Å². The number of anilines is 1. The topological polar surface area (TPSA) is 113 Å². The number of pyridine rings is 1. The molecule has 0 radical (unpaired) electrons. The lowest BCUT2D eigenvalue weighted by Crippen LogP contribution is -2.39. The number of hydrogen-bond acceptors (Lipinski definition) is 7. The Labute approximate surface area is 199 Å². The predicted octanol–water partition coefficient (Wildman–Crippen LogP) is 2.82. The molecule has 9 nitrogen and oxygen atoms in total. The number of aromatic nitrogens is 3. The zero-order chi connectivity index (χ0) is 23.4. The summed E-state index contributed by atoms with van der Waals surface area (Å²) in [5, 5.41) is 10.1. The van der Waals surface area contributed by atoms with E-state index in [4.69, 9.17) is 23.2 Å². The van der Waals surface area contributed by atoms with E-state index < -0.39 is 0 Å². The standard InChI is InChI=1S/C22H21Cl2N7O2/c1-13(32)26-7-8-31-20-18(29-19(21(31)33)15-3-2-6-25-11-15)12-28-22(30-20)27-10-14-4-5-16(23)17(24)9-14/h2-6,9,11H,7-8,10,12H2,1H3,(H,26,32)(H2,27,28,30). The average molecular weight is 486 g/mol. The first-order valence-corrected chi connectivity index (χ1v) is 11.0. The minimum atomic E-state index is -0.287. The van der Waals surface area contributed by atoms with Crippen LogP contribution < -0.4 is 21.5 Å². The number of halogens is 2. The van der Waals surface area contributed by atoms with Crippen LogP contribution in [0.1, 0.15) is 18.2 Å². The largest absolute Gasteiger partial charge is 0.355 e. The maximum Gasteiger partial charge on any atom is 0.278 e. The third kappa shape index (κ3) is 5.32. The molecule has 2 aromatic heterocycles. The minimum absolute atomic E-state index is 0.169. The van der Waals surface area contributed by atoms with Gasteiger partial charge in [-0.1, -0.05) is 29.3 Å². The third-order valence-corrected chi connectivity index (χ3v) is 5.69. The van der Waals surface area contributed by atoms with Gasteiger partial charge in [0, 0.05) is 44.5 Å². The summed E-state index contributed by atoms with van der Waals surface area (Å²) in [5.74, 6) is 0.860. The molecule has 0 fully saturated rings. The van der Waals surface area contributed by atoms with Crippen LogP contribution in [0.15, 0.2) is 52.5 Å². The predicted molar refractivity (Wildman–Crippen MR) is 128 cm³/mol. The van der Waals surface area contributed by atoms with Crippen molar-refractivity contribution in [1.29, 1.82) is 0 Å². The Kier molecular flexibility index (Phi) is 6.90. The van der Waals surface area contributed by atoms with Gasteiger partial charge in [-0.15, -0.1) is 0 Å². The molecule has 0 aliphatic carbocycles. The lowest BCUT2D eigenvalue weighted by molar-refractivity contribution is -0.118. The third-order valence-electron chi connectivity index (χ3n) is 4.95. The van der Waals surface area contributed by atoms with E-state index in [9.17, 15) is 9.59 Å². The van der Waals surface area contributed by atoms with Crippen molar-refractivity contribution in [2.45, 2.75) is 26.6 Å². The number of fused-ring (bicyclic) bond motifs is 1. The average Bonchev–Trinajstić information content (AvgIpc) is 2.81. The van der Waals surface area contributed by atoms with Gasteiger partial charge in [-0.25, -0.2) is 9.98 Å². The Morgan fingerprint density at radius 2 is 2.09 bits per heavy atom. The summed E-state index contributed by atoms with van der Waals surface area (Å²) in [6.45, 7) is 2.73. The maximum atomic E-state index is 13.3. The quantitative estimate of drug-likeness (QED) is 0.494. The molecule has 4 rings (SSSR count). The number of nitrogens with zero attached hydrogens (tertiary/aromatic N) is 4. The van der Waals surface area contributed by atoms with Crippen LogP contribution in [-0.2, 0) is 24.4 Å². The highest BCUT2D eigenvalue weighted by Crippen LogP contribution is 2.23. The number of hydrogen-bond donors (Lipinski definition) is 3. The van der Waals surface area contributed by atoms with Gasteiger partial charge in [0.2, 0.25) is 5.91 Å². The zero-order valence-corrected chi connectivity index (χ0v) is 19.2. The molecule has 3 N–H and O–H groups in total. The molecule has 33 heavy (non-hydrogen) atoms. The highest BCUT2D eigenvalue weighted by Gasteiger charge is 2.22. The monoisotopic (exact) mass is 485 g/mol. The smallest absolute Gasteiger partial charge is 0.278 e. The molecule has 1 aromatic carbocycles. The molecule has 1 amide bonds. The van der Waals surface area contributed by atoms with E-state index in [0.717, 1.165) is 5.56 Å². The van der Waals surface area contributed by atoms with Crippen molar-refractivity contribution in [2.75, 3.05) is 11.9 Å². The summed E-state index contributed by atoms with van der Waals surface area (Å²) in [6.07, 6.45) is 3.23. The molecule has 170 valence electrons. The highest BCUT2D eigenvalue weighted by atomic mass is 35.5. The molecule has 3 heterocycles. The fourth-order valence-electron chi connectivity index (χ4n) is 3.36. The van der Waals surface area contributed by atoms with E-state index in [1.54, 1.807) is 41.2 Å². The lowest BCUT2D eigenvalue weighted by Gasteiger charge is -2.23. The fraction of sp³-hybridized carbons (Fsp3) is 0.227. The van der Waals surface area contributed by atoms with Crippen LogP contribution in [-0.4, -0.2) is 32.9 Å². The normalized spacial score (nSPS) is 12.4. The second-order valence-electron chi connectivity index (χ2n) is 7.33. The van der Waals surface area contributed by atoms with E-state index in [1.165, 1.54) is 6.92 Å². The highest BCUT2D eigenvalue weighted by molar-refractivity contribution is 6.42. The van der Waals surface area contributed by atoms with Gasteiger partial charge in [0.05, 0.1) is 16.6 Å². The molecular formula is C22H21Cl2N7O2. The molecule has 0 spiro atoms. The number of carbonyl (C=O) groups is 1. The molecule has 0 bridgehead atoms. The van der Waals surface area contributed by atoms with Gasteiger partial charge in [-0.2, -0.15) is 0 Å². The fourth-order valence-corrected chi connectivity index (χ4v) is 3.68. The summed E-state index contributed by atoms with van der Waals surface area (Å²) < 4.78 is 1.57. The van der Waals surface area contributed by atoms with Crippen molar-refractivity contribution in [3.8, 4) is 11.3 Å². The van der Waals surface area contributed by atoms with Gasteiger partial charge >= 0.3 is 0 Å². The number of benzene rings is 1. The molecule has 0 unspecified atom stereocenters. The molecule has 3 aromatic rings. The first-order chi connectivity index (χ1) is 15.9. The first-order valence-electron chi connectivity index (χ1n) is 10.2. The van der Waals surface area contributed by atoms with E-state index in [1.807, 2.05) is 6.07 Å². The van der Waals surface area contributed by atoms with Gasteiger partial charge in [0.15, 0.2) is 5.96 Å². The van der Waals surface area contributed by atoms with Gasteiger partial charge in [-0.3, -0.25) is 19.1 Å². The van der Waals surface area contributed by atoms with Crippen LogP contribution in [0, 0.1) is 0 Å². The molecule has 1 aliphatic rings.